The Hall–Kier alpha value is -5.85. The number of halogens is 3. The van der Waals surface area contributed by atoms with Gasteiger partial charge in [-0.05, 0) is 110 Å². The number of pyridine rings is 1. The average molecular weight is 1060 g/mol. The molecule has 9 heteroatoms. The van der Waals surface area contributed by atoms with E-state index in [4.69, 9.17) is 9.72 Å². The van der Waals surface area contributed by atoms with Crippen LogP contribution in [0.3, 0.4) is 0 Å². The molecule has 0 spiro atoms. The van der Waals surface area contributed by atoms with Crippen LogP contribution in [0.25, 0.3) is 38.8 Å². The maximum Gasteiger partial charge on any atom is 0.416 e. The third-order valence-electron chi connectivity index (χ3n) is 12.4. The molecule has 0 saturated heterocycles. The van der Waals surface area contributed by atoms with Crippen molar-refractivity contribution in [3.8, 4) is 28.4 Å². The second-order valence-electron chi connectivity index (χ2n) is 19.8. The first-order chi connectivity index (χ1) is 30.8. The third-order valence-corrected chi connectivity index (χ3v) is 12.4. The Bertz CT molecular complexity index is 3050. The van der Waals surface area contributed by atoms with E-state index in [1.807, 2.05) is 24.4 Å². The standard InChI is InChI=1S/C57H54F3N4O.Pt/c1-35(2)47-27-38(37-19-21-39(22-20-37)57(58,59)60)28-48(36(3)4)54(47)63-34-62(50-17-13-14-18-51(50)63)42-29-41(56(8,9)10)30-44(32-42)65-43-23-24-46-45-15-11-12-16-49(45)64(52(46)33-43)53-31-40(25-26-61-53)55(5,6)7;/h11-31,34-36H,1-10H3;/q-3;. The number of aromatic nitrogens is 2. The van der Waals surface area contributed by atoms with Gasteiger partial charge in [-0.15, -0.1) is 53.6 Å². The molecule has 0 amide bonds. The Balaban J connectivity index is 0.00000592. The van der Waals surface area contributed by atoms with Crippen molar-refractivity contribution < 1.29 is 39.0 Å². The Morgan fingerprint density at radius 3 is 1.83 bits per heavy atom. The Morgan fingerprint density at radius 2 is 1.21 bits per heavy atom. The predicted molar refractivity (Wildman–Crippen MR) is 260 cm³/mol. The smallest absolute Gasteiger partial charge is 0.416 e. The molecule has 1 aliphatic heterocycles. The molecule has 1 aliphatic rings. The number of hydrogen-bond donors (Lipinski definition) is 0. The topological polar surface area (TPSA) is 33.5 Å². The van der Waals surface area contributed by atoms with E-state index in [1.165, 1.54) is 5.56 Å². The summed E-state index contributed by atoms with van der Waals surface area (Å²) in [4.78, 5) is 9.29. The number of para-hydroxylation sites is 3. The van der Waals surface area contributed by atoms with Gasteiger partial charge in [-0.25, -0.2) is 4.98 Å². The minimum atomic E-state index is -4.40. The van der Waals surface area contributed by atoms with E-state index in [9.17, 15) is 13.2 Å². The Labute approximate surface area is 401 Å². The summed E-state index contributed by atoms with van der Waals surface area (Å²) in [6, 6.07) is 46.3. The number of rotatable bonds is 8. The number of benzene rings is 6. The maximum atomic E-state index is 13.5. The molecule has 0 N–H and O–H groups in total. The van der Waals surface area contributed by atoms with Crippen molar-refractivity contribution in [3.63, 3.8) is 0 Å². The van der Waals surface area contributed by atoms with Crippen molar-refractivity contribution in [3.05, 3.63) is 174 Å². The van der Waals surface area contributed by atoms with E-state index in [1.54, 1.807) is 12.1 Å². The van der Waals surface area contributed by atoms with E-state index in [-0.39, 0.29) is 43.7 Å². The normalized spacial score (nSPS) is 13.3. The van der Waals surface area contributed by atoms with Crippen molar-refractivity contribution in [2.24, 2.45) is 0 Å². The predicted octanol–water partition coefficient (Wildman–Crippen LogP) is 16.5. The summed E-state index contributed by atoms with van der Waals surface area (Å²) < 4.78 is 49.6. The van der Waals surface area contributed by atoms with Gasteiger partial charge in [0.05, 0.1) is 5.56 Å². The van der Waals surface area contributed by atoms with Gasteiger partial charge in [-0.1, -0.05) is 117 Å². The largest absolute Gasteiger partial charge is 0.509 e. The van der Waals surface area contributed by atoms with Crippen LogP contribution >= 0.6 is 0 Å². The minimum Gasteiger partial charge on any atom is -0.509 e. The molecule has 342 valence electrons. The first-order valence-corrected chi connectivity index (χ1v) is 22.3. The molecule has 9 rings (SSSR count). The summed E-state index contributed by atoms with van der Waals surface area (Å²) in [5.74, 6) is 2.16. The van der Waals surface area contributed by atoms with Crippen molar-refractivity contribution in [2.75, 3.05) is 9.80 Å². The van der Waals surface area contributed by atoms with E-state index < -0.39 is 11.7 Å². The van der Waals surface area contributed by atoms with Crippen molar-refractivity contribution in [1.82, 2.24) is 9.55 Å². The fourth-order valence-corrected chi connectivity index (χ4v) is 8.78. The molecule has 3 heterocycles. The number of alkyl halides is 3. The van der Waals surface area contributed by atoms with Crippen molar-refractivity contribution >= 4 is 44.6 Å². The molecule has 0 unspecified atom stereocenters. The number of nitrogens with zero attached hydrogens (tertiary/aromatic N) is 4. The number of hydrogen-bond acceptors (Lipinski definition) is 4. The van der Waals surface area contributed by atoms with Gasteiger partial charge in [0.1, 0.15) is 5.82 Å². The van der Waals surface area contributed by atoms with Crippen molar-refractivity contribution in [1.29, 1.82) is 0 Å². The van der Waals surface area contributed by atoms with Gasteiger partial charge in [0.15, 0.2) is 0 Å². The molecule has 8 aromatic rings. The van der Waals surface area contributed by atoms with Crippen LogP contribution in [0, 0.1) is 18.8 Å². The van der Waals surface area contributed by atoms with Crippen LogP contribution in [0.2, 0.25) is 0 Å². The molecule has 0 bridgehead atoms. The maximum absolute atomic E-state index is 13.5. The monoisotopic (exact) mass is 1060 g/mol. The first kappa shape index (κ1) is 46.7. The molecule has 0 saturated carbocycles. The van der Waals surface area contributed by atoms with Crippen LogP contribution in [-0.2, 0) is 38.1 Å². The zero-order valence-electron chi connectivity index (χ0n) is 39.0. The van der Waals surface area contributed by atoms with E-state index >= 15 is 0 Å². The van der Waals surface area contributed by atoms with Gasteiger partial charge in [-0.3, -0.25) is 0 Å². The first-order valence-electron chi connectivity index (χ1n) is 22.3. The molecule has 0 aliphatic carbocycles. The van der Waals surface area contributed by atoms with Crippen LogP contribution in [-0.4, -0.2) is 9.55 Å². The quantitative estimate of drug-likeness (QED) is 0.142. The van der Waals surface area contributed by atoms with Crippen LogP contribution in [0.1, 0.15) is 109 Å². The van der Waals surface area contributed by atoms with Crippen LogP contribution in [0.15, 0.2) is 128 Å². The molecular weight excluding hydrogens is 1010 g/mol. The summed E-state index contributed by atoms with van der Waals surface area (Å²) >= 11 is 0. The average Bonchev–Trinajstić information content (AvgIpc) is 3.81. The van der Waals surface area contributed by atoms with Gasteiger partial charge in [0.25, 0.3) is 0 Å². The number of fused-ring (bicyclic) bond motifs is 4. The Morgan fingerprint density at radius 1 is 0.591 bits per heavy atom. The number of anilines is 4. The fourth-order valence-electron chi connectivity index (χ4n) is 8.78. The molecular formula is C57H54F3N4OPt-3. The molecule has 0 atom stereocenters. The zero-order valence-corrected chi connectivity index (χ0v) is 41.3. The third kappa shape index (κ3) is 8.77. The van der Waals surface area contributed by atoms with E-state index in [2.05, 4.69) is 181 Å². The van der Waals surface area contributed by atoms with Gasteiger partial charge >= 0.3 is 6.18 Å². The van der Waals surface area contributed by atoms with Gasteiger partial charge in [-0.2, -0.15) is 19.2 Å². The minimum absolute atomic E-state index is 0. The summed E-state index contributed by atoms with van der Waals surface area (Å²) in [6.07, 6.45) is -2.52. The molecule has 6 aromatic carbocycles. The van der Waals surface area contributed by atoms with Gasteiger partial charge < -0.3 is 19.1 Å². The van der Waals surface area contributed by atoms with Crippen LogP contribution in [0.5, 0.6) is 11.5 Å². The Kier molecular flexibility index (Phi) is 12.3. The van der Waals surface area contributed by atoms with Crippen LogP contribution in [0.4, 0.5) is 35.9 Å². The second-order valence-corrected chi connectivity index (χ2v) is 19.8. The number of ether oxygens (including phenoxy) is 1. The fraction of sp³-hybridized carbons (Fsp3) is 0.263. The summed E-state index contributed by atoms with van der Waals surface area (Å²) in [7, 11) is 0. The van der Waals surface area contributed by atoms with Crippen molar-refractivity contribution in [2.45, 2.75) is 98.1 Å². The zero-order chi connectivity index (χ0) is 46.2. The molecule has 5 nitrogen and oxygen atoms in total. The SMILES string of the molecule is CC(C)c1cc(-c2ccc(C(F)(F)F)cc2)cc(C(C)C)c1N1[CH-]N(c2[c-]c(Oc3[c-]c4c(cc3)c3ccccc3n4-c3cc(C(C)(C)C)ccn3)cc(C(C)(C)C)c2)c2ccccc21.[Pt]. The summed E-state index contributed by atoms with van der Waals surface area (Å²) in [6.45, 7) is 24.0. The van der Waals surface area contributed by atoms with E-state index in [0.29, 0.717) is 11.5 Å². The van der Waals surface area contributed by atoms with Gasteiger partial charge in [0.2, 0.25) is 0 Å². The van der Waals surface area contributed by atoms with Crippen LogP contribution < -0.4 is 14.5 Å². The molecule has 0 fully saturated rings. The van der Waals surface area contributed by atoms with Gasteiger partial charge in [0, 0.05) is 61.3 Å². The second kappa shape index (κ2) is 17.4. The summed E-state index contributed by atoms with van der Waals surface area (Å²) in [5.41, 5.74) is 10.9. The molecule has 2 aromatic heterocycles. The summed E-state index contributed by atoms with van der Waals surface area (Å²) in [5, 5.41) is 2.17. The molecule has 66 heavy (non-hydrogen) atoms. The van der Waals surface area contributed by atoms with E-state index in [0.717, 1.165) is 90.3 Å². The molecule has 0 radical (unpaired) electrons.